The molecule has 0 aliphatic carbocycles. The summed E-state index contributed by atoms with van der Waals surface area (Å²) >= 11 is 3.33. The highest BCUT2D eigenvalue weighted by Gasteiger charge is 2.14. The lowest BCUT2D eigenvalue weighted by atomic mass is 10.1. The molecule has 0 bridgehead atoms. The van der Waals surface area contributed by atoms with Gasteiger partial charge < -0.3 is 10.4 Å². The summed E-state index contributed by atoms with van der Waals surface area (Å²) in [4.78, 5) is 23.0. The van der Waals surface area contributed by atoms with E-state index in [1.165, 1.54) is 6.07 Å². The van der Waals surface area contributed by atoms with E-state index < -0.39 is 23.3 Å². The number of nitrogens with one attached hydrogen (secondary N) is 1. The summed E-state index contributed by atoms with van der Waals surface area (Å²) in [6.45, 7) is 1.85. The summed E-state index contributed by atoms with van der Waals surface area (Å²) in [5.74, 6) is -2.65. The maximum absolute atomic E-state index is 13.3. The fourth-order valence-corrected chi connectivity index (χ4v) is 2.23. The van der Waals surface area contributed by atoms with Gasteiger partial charge in [0.1, 0.15) is 5.82 Å². The SMILES string of the molecule is Cc1cccc(C(=O)Nc2ccc(F)c(C(=O)O)c2)c1Br. The topological polar surface area (TPSA) is 66.4 Å². The second-order valence-electron chi connectivity index (χ2n) is 4.39. The van der Waals surface area contributed by atoms with Crippen molar-refractivity contribution in [3.63, 3.8) is 0 Å². The lowest BCUT2D eigenvalue weighted by molar-refractivity contribution is 0.0691. The fraction of sp³-hybridized carbons (Fsp3) is 0.0667. The van der Waals surface area contributed by atoms with Crippen molar-refractivity contribution in [2.45, 2.75) is 6.92 Å². The first kappa shape index (κ1) is 15.2. The predicted octanol–water partition coefficient (Wildman–Crippen LogP) is 3.85. The van der Waals surface area contributed by atoms with E-state index in [4.69, 9.17) is 5.11 Å². The van der Waals surface area contributed by atoms with Gasteiger partial charge in [0.05, 0.1) is 11.1 Å². The highest BCUT2D eigenvalue weighted by atomic mass is 79.9. The molecule has 4 nitrogen and oxygen atoms in total. The van der Waals surface area contributed by atoms with E-state index in [1.807, 2.05) is 13.0 Å². The zero-order valence-electron chi connectivity index (χ0n) is 11.0. The highest BCUT2D eigenvalue weighted by Crippen LogP contribution is 2.23. The average molecular weight is 352 g/mol. The summed E-state index contributed by atoms with van der Waals surface area (Å²) in [6, 6.07) is 8.62. The number of anilines is 1. The van der Waals surface area contributed by atoms with E-state index in [0.717, 1.165) is 17.7 Å². The molecular weight excluding hydrogens is 341 g/mol. The molecule has 2 aromatic carbocycles. The van der Waals surface area contributed by atoms with Crippen LogP contribution in [0.1, 0.15) is 26.3 Å². The Morgan fingerprint density at radius 1 is 1.19 bits per heavy atom. The number of amides is 1. The lowest BCUT2D eigenvalue weighted by Gasteiger charge is -2.09. The van der Waals surface area contributed by atoms with Crippen molar-refractivity contribution in [1.82, 2.24) is 0 Å². The molecule has 0 saturated carbocycles. The van der Waals surface area contributed by atoms with Gasteiger partial charge in [-0.1, -0.05) is 12.1 Å². The minimum atomic E-state index is -1.39. The van der Waals surface area contributed by atoms with Crippen LogP contribution in [0.2, 0.25) is 0 Å². The van der Waals surface area contributed by atoms with E-state index in [2.05, 4.69) is 21.2 Å². The van der Waals surface area contributed by atoms with Crippen LogP contribution in [-0.4, -0.2) is 17.0 Å². The smallest absolute Gasteiger partial charge is 0.338 e. The third-order valence-corrected chi connectivity index (χ3v) is 3.94. The Labute approximate surface area is 128 Å². The van der Waals surface area contributed by atoms with Gasteiger partial charge in [0.25, 0.3) is 5.91 Å². The number of rotatable bonds is 3. The number of carbonyl (C=O) groups excluding carboxylic acids is 1. The van der Waals surface area contributed by atoms with Crippen LogP contribution in [0.25, 0.3) is 0 Å². The zero-order chi connectivity index (χ0) is 15.6. The molecule has 6 heteroatoms. The van der Waals surface area contributed by atoms with Gasteiger partial charge in [0.15, 0.2) is 0 Å². The molecule has 1 amide bonds. The fourth-order valence-electron chi connectivity index (χ4n) is 1.79. The molecule has 0 aliphatic rings. The van der Waals surface area contributed by atoms with Crippen LogP contribution in [-0.2, 0) is 0 Å². The Morgan fingerprint density at radius 2 is 1.90 bits per heavy atom. The third-order valence-electron chi connectivity index (χ3n) is 2.89. The van der Waals surface area contributed by atoms with E-state index in [9.17, 15) is 14.0 Å². The largest absolute Gasteiger partial charge is 0.478 e. The van der Waals surface area contributed by atoms with Gasteiger partial charge in [0.2, 0.25) is 0 Å². The molecular formula is C15H11BrFNO3. The monoisotopic (exact) mass is 351 g/mol. The number of aromatic carboxylic acids is 1. The zero-order valence-corrected chi connectivity index (χ0v) is 12.6. The number of hydrogen-bond donors (Lipinski definition) is 2. The Bertz CT molecular complexity index is 731. The second-order valence-corrected chi connectivity index (χ2v) is 5.18. The molecule has 0 aromatic heterocycles. The lowest BCUT2D eigenvalue weighted by Crippen LogP contribution is -2.14. The van der Waals surface area contributed by atoms with E-state index in [-0.39, 0.29) is 5.69 Å². The van der Waals surface area contributed by atoms with Crippen molar-refractivity contribution in [2.24, 2.45) is 0 Å². The number of aryl methyl sites for hydroxylation is 1. The molecule has 0 spiro atoms. The minimum Gasteiger partial charge on any atom is -0.478 e. The van der Waals surface area contributed by atoms with Gasteiger partial charge >= 0.3 is 5.97 Å². The molecule has 0 heterocycles. The molecule has 108 valence electrons. The van der Waals surface area contributed by atoms with Gasteiger partial charge in [-0.05, 0) is 52.7 Å². The molecule has 2 aromatic rings. The number of carbonyl (C=O) groups is 2. The molecule has 0 radical (unpaired) electrons. The normalized spacial score (nSPS) is 10.2. The number of carboxylic acids is 1. The van der Waals surface area contributed by atoms with Gasteiger partial charge in [0, 0.05) is 10.2 Å². The van der Waals surface area contributed by atoms with Gasteiger partial charge in [-0.15, -0.1) is 0 Å². The standard InChI is InChI=1S/C15H11BrFNO3/c1-8-3-2-4-10(13(8)16)14(19)18-9-5-6-12(17)11(7-9)15(20)21/h2-7H,1H3,(H,18,19)(H,20,21). The summed E-state index contributed by atoms with van der Waals surface area (Å²) in [5, 5.41) is 11.4. The number of halogens is 2. The van der Waals surface area contributed by atoms with E-state index in [0.29, 0.717) is 10.0 Å². The Hall–Kier alpha value is -2.21. The van der Waals surface area contributed by atoms with Crippen LogP contribution >= 0.6 is 15.9 Å². The molecule has 0 atom stereocenters. The van der Waals surface area contributed by atoms with Crippen molar-refractivity contribution in [3.8, 4) is 0 Å². The van der Waals surface area contributed by atoms with Crippen molar-refractivity contribution in [3.05, 3.63) is 63.4 Å². The van der Waals surface area contributed by atoms with Gasteiger partial charge in [-0.25, -0.2) is 9.18 Å². The molecule has 21 heavy (non-hydrogen) atoms. The Balaban J connectivity index is 2.30. The predicted molar refractivity (Wildman–Crippen MR) is 80.2 cm³/mol. The third kappa shape index (κ3) is 3.28. The second kappa shape index (κ2) is 6.05. The molecule has 0 fully saturated rings. The highest BCUT2D eigenvalue weighted by molar-refractivity contribution is 9.10. The maximum atomic E-state index is 13.3. The Morgan fingerprint density at radius 3 is 2.57 bits per heavy atom. The number of hydrogen-bond acceptors (Lipinski definition) is 2. The average Bonchev–Trinajstić information content (AvgIpc) is 2.43. The maximum Gasteiger partial charge on any atom is 0.338 e. The van der Waals surface area contributed by atoms with Crippen molar-refractivity contribution in [1.29, 1.82) is 0 Å². The first-order chi connectivity index (χ1) is 9.90. The summed E-state index contributed by atoms with van der Waals surface area (Å²) in [6.07, 6.45) is 0. The van der Waals surface area contributed by atoms with Crippen LogP contribution in [0, 0.1) is 12.7 Å². The van der Waals surface area contributed by atoms with Crippen LogP contribution in [0.4, 0.5) is 10.1 Å². The molecule has 0 aliphatic heterocycles. The summed E-state index contributed by atoms with van der Waals surface area (Å²) in [5.41, 5.74) is 1.03. The van der Waals surface area contributed by atoms with E-state index in [1.54, 1.807) is 12.1 Å². The first-order valence-electron chi connectivity index (χ1n) is 5.99. The van der Waals surface area contributed by atoms with Crippen molar-refractivity contribution < 1.29 is 19.1 Å². The van der Waals surface area contributed by atoms with E-state index >= 15 is 0 Å². The molecule has 2 rings (SSSR count). The van der Waals surface area contributed by atoms with Crippen molar-refractivity contribution >= 4 is 33.5 Å². The first-order valence-corrected chi connectivity index (χ1v) is 6.78. The Kier molecular flexibility index (Phi) is 4.37. The van der Waals surface area contributed by atoms with Crippen LogP contribution in [0.3, 0.4) is 0 Å². The van der Waals surface area contributed by atoms with Gasteiger partial charge in [-0.2, -0.15) is 0 Å². The molecule has 0 unspecified atom stereocenters. The summed E-state index contributed by atoms with van der Waals surface area (Å²) < 4.78 is 14.0. The molecule has 2 N–H and O–H groups in total. The van der Waals surface area contributed by atoms with Crippen LogP contribution in [0.15, 0.2) is 40.9 Å². The number of carboxylic acid groups (broad SMARTS) is 1. The molecule has 0 saturated heterocycles. The van der Waals surface area contributed by atoms with Crippen LogP contribution in [0.5, 0.6) is 0 Å². The minimum absolute atomic E-state index is 0.215. The number of benzene rings is 2. The van der Waals surface area contributed by atoms with Gasteiger partial charge in [-0.3, -0.25) is 4.79 Å². The van der Waals surface area contributed by atoms with Crippen LogP contribution < -0.4 is 5.32 Å². The quantitative estimate of drug-likeness (QED) is 0.882. The summed E-state index contributed by atoms with van der Waals surface area (Å²) in [7, 11) is 0. The van der Waals surface area contributed by atoms with Crippen molar-refractivity contribution in [2.75, 3.05) is 5.32 Å².